The van der Waals surface area contributed by atoms with E-state index in [9.17, 15) is 0 Å². The Balaban J connectivity index is 1.46. The van der Waals surface area contributed by atoms with E-state index in [1.807, 2.05) is 24.8 Å². The molecule has 0 bridgehead atoms. The van der Waals surface area contributed by atoms with Crippen LogP contribution in [0.1, 0.15) is 219 Å². The first-order chi connectivity index (χ1) is 35.6. The van der Waals surface area contributed by atoms with Gasteiger partial charge < -0.3 is 14.2 Å². The first-order valence-electron chi connectivity index (χ1n) is 30.4. The molecule has 0 aliphatic carbocycles. The van der Waals surface area contributed by atoms with E-state index in [0.717, 1.165) is 84.3 Å². The normalized spacial score (nSPS) is 11.9. The number of hydrogen-bond donors (Lipinski definition) is 0. The number of hydrogen-bond acceptors (Lipinski definition) is 7. The molecule has 0 unspecified atom stereocenters. The van der Waals surface area contributed by atoms with Crippen LogP contribution in [0.2, 0.25) is 50.4 Å². The molecule has 0 radical (unpaired) electrons. The fourth-order valence-electron chi connectivity index (χ4n) is 9.68. The summed E-state index contributed by atoms with van der Waals surface area (Å²) in [5.74, 6) is 4.75. The number of aryl methyl sites for hydroxylation is 2. The van der Waals surface area contributed by atoms with Crippen LogP contribution in [-0.4, -0.2) is 49.3 Å². The standard InChI is InChI=1S/C64H106N4O3Si2/c1-9-13-15-17-29-35-45-69-59-51-65-63(66-52-59)57-41-43-61(55(49-57)39-33-27-23-19-21-25-31-37-47-72(5,6)11-3)71-62-44-42-58(64-67-53-60(54-68-64)70-46-36-30-18-16-14-10-2)50-56(62)40-34-28-24-20-22-26-32-38-48-73(7,8)12-4/h41-44,49-54H,9-40,45-48H2,1-8H3. The molecule has 0 aliphatic rings. The quantitative estimate of drug-likeness (QED) is 0.0322. The molecule has 0 fully saturated rings. The highest BCUT2D eigenvalue weighted by atomic mass is 28.3. The van der Waals surface area contributed by atoms with Crippen molar-refractivity contribution in [3.63, 3.8) is 0 Å². The summed E-state index contributed by atoms with van der Waals surface area (Å²) in [6, 6.07) is 18.9. The molecule has 7 nitrogen and oxygen atoms in total. The minimum absolute atomic E-state index is 0.708. The van der Waals surface area contributed by atoms with Crippen molar-refractivity contribution < 1.29 is 14.2 Å². The summed E-state index contributed by atoms with van der Waals surface area (Å²) in [6.45, 7) is 20.9. The predicted molar refractivity (Wildman–Crippen MR) is 320 cm³/mol. The molecule has 0 atom stereocenters. The summed E-state index contributed by atoms with van der Waals surface area (Å²) < 4.78 is 19.1. The Morgan fingerprint density at radius 1 is 0.370 bits per heavy atom. The molecular formula is C64H106N4O3Si2. The highest BCUT2D eigenvalue weighted by Crippen LogP contribution is 2.35. The molecule has 0 amide bonds. The first-order valence-corrected chi connectivity index (χ1v) is 37.2. The van der Waals surface area contributed by atoms with Crippen molar-refractivity contribution in [2.45, 2.75) is 271 Å². The van der Waals surface area contributed by atoms with Gasteiger partial charge in [-0.05, 0) is 86.1 Å². The van der Waals surface area contributed by atoms with Crippen molar-refractivity contribution in [2.24, 2.45) is 0 Å². The second-order valence-electron chi connectivity index (χ2n) is 23.2. The number of aromatic nitrogens is 4. The zero-order chi connectivity index (χ0) is 52.3. The van der Waals surface area contributed by atoms with Crippen molar-refractivity contribution in [3.05, 3.63) is 72.3 Å². The second kappa shape index (κ2) is 37.2. The zero-order valence-electron chi connectivity index (χ0n) is 48.2. The number of unbranched alkanes of at least 4 members (excludes halogenated alkanes) is 24. The van der Waals surface area contributed by atoms with Crippen LogP contribution < -0.4 is 14.2 Å². The van der Waals surface area contributed by atoms with Gasteiger partial charge in [-0.3, -0.25) is 0 Å². The zero-order valence-corrected chi connectivity index (χ0v) is 50.2. The number of benzene rings is 2. The van der Waals surface area contributed by atoms with Gasteiger partial charge in [0.2, 0.25) is 0 Å². The van der Waals surface area contributed by atoms with Crippen molar-refractivity contribution >= 4 is 16.1 Å². The maximum absolute atomic E-state index is 7.05. The maximum Gasteiger partial charge on any atom is 0.159 e. The maximum atomic E-state index is 7.05. The van der Waals surface area contributed by atoms with Gasteiger partial charge in [0.15, 0.2) is 23.1 Å². The summed E-state index contributed by atoms with van der Waals surface area (Å²) in [6.07, 6.45) is 45.2. The largest absolute Gasteiger partial charge is 0.490 e. The lowest BCUT2D eigenvalue weighted by atomic mass is 10.00. The molecule has 2 aromatic heterocycles. The molecule has 0 N–H and O–H groups in total. The van der Waals surface area contributed by atoms with Gasteiger partial charge >= 0.3 is 0 Å². The van der Waals surface area contributed by atoms with E-state index in [1.165, 1.54) is 189 Å². The topological polar surface area (TPSA) is 79.2 Å². The summed E-state index contributed by atoms with van der Waals surface area (Å²) in [7, 11) is -1.89. The van der Waals surface area contributed by atoms with E-state index < -0.39 is 16.1 Å². The van der Waals surface area contributed by atoms with E-state index in [4.69, 9.17) is 34.1 Å². The Labute approximate surface area is 450 Å². The van der Waals surface area contributed by atoms with Crippen LogP contribution in [0.3, 0.4) is 0 Å². The van der Waals surface area contributed by atoms with E-state index in [1.54, 1.807) is 0 Å². The Bertz CT molecular complexity index is 1860. The minimum Gasteiger partial charge on any atom is -0.490 e. The number of rotatable bonds is 44. The SMILES string of the molecule is CCCCCCCCOc1cnc(-c2ccc(Oc3ccc(-c4ncc(OCCCCCCCC)cn4)cc3CCCCCCCCCC[Si](C)(C)CC)c(CCCCCCCCCC[Si](C)(C)CC)c2)nc1. The molecular weight excluding hydrogens is 929 g/mol. The van der Waals surface area contributed by atoms with Crippen LogP contribution in [0.15, 0.2) is 61.2 Å². The van der Waals surface area contributed by atoms with E-state index in [2.05, 4.69) is 90.3 Å². The van der Waals surface area contributed by atoms with Gasteiger partial charge in [0, 0.05) is 27.3 Å². The lowest BCUT2D eigenvalue weighted by Gasteiger charge is -2.19. The van der Waals surface area contributed by atoms with Crippen molar-refractivity contribution in [3.8, 4) is 45.8 Å². The van der Waals surface area contributed by atoms with Gasteiger partial charge in [-0.25, -0.2) is 19.9 Å². The van der Waals surface area contributed by atoms with Crippen LogP contribution in [0, 0.1) is 0 Å². The first kappa shape index (κ1) is 62.0. The average Bonchev–Trinajstić information content (AvgIpc) is 3.40. The summed E-state index contributed by atoms with van der Waals surface area (Å²) in [4.78, 5) is 19.2. The smallest absolute Gasteiger partial charge is 0.159 e. The van der Waals surface area contributed by atoms with Gasteiger partial charge in [-0.15, -0.1) is 0 Å². The Morgan fingerprint density at radius 2 is 0.685 bits per heavy atom. The third kappa shape index (κ3) is 26.7. The molecule has 4 rings (SSSR count). The molecule has 0 spiro atoms. The second-order valence-corrected chi connectivity index (χ2v) is 34.2. The van der Waals surface area contributed by atoms with Crippen LogP contribution in [0.4, 0.5) is 0 Å². The summed E-state index contributed by atoms with van der Waals surface area (Å²) in [5, 5.41) is 0. The fourth-order valence-corrected chi connectivity index (χ4v) is 12.8. The Morgan fingerprint density at radius 3 is 1.03 bits per heavy atom. The lowest BCUT2D eigenvalue weighted by Crippen LogP contribution is -2.22. The van der Waals surface area contributed by atoms with Gasteiger partial charge in [0.1, 0.15) is 11.5 Å². The molecule has 9 heteroatoms. The highest BCUT2D eigenvalue weighted by Gasteiger charge is 2.18. The van der Waals surface area contributed by atoms with Crippen LogP contribution in [0.5, 0.6) is 23.0 Å². The average molecular weight is 1040 g/mol. The van der Waals surface area contributed by atoms with E-state index in [-0.39, 0.29) is 0 Å². The fraction of sp³-hybridized carbons (Fsp3) is 0.688. The third-order valence-corrected chi connectivity index (χ3v) is 22.9. The lowest BCUT2D eigenvalue weighted by molar-refractivity contribution is 0.302. The van der Waals surface area contributed by atoms with Gasteiger partial charge in [0.25, 0.3) is 0 Å². The monoisotopic (exact) mass is 1030 g/mol. The predicted octanol–water partition coefficient (Wildman–Crippen LogP) is 20.7. The van der Waals surface area contributed by atoms with Gasteiger partial charge in [-0.2, -0.15) is 0 Å². The Hall–Kier alpha value is -3.57. The van der Waals surface area contributed by atoms with Crippen LogP contribution in [0.25, 0.3) is 22.8 Å². The number of ether oxygens (including phenoxy) is 3. The molecule has 73 heavy (non-hydrogen) atoms. The van der Waals surface area contributed by atoms with Crippen LogP contribution >= 0.6 is 0 Å². The highest BCUT2D eigenvalue weighted by molar-refractivity contribution is 6.77. The molecule has 2 heterocycles. The Kier molecular flexibility index (Phi) is 31.6. The van der Waals surface area contributed by atoms with Crippen molar-refractivity contribution in [1.29, 1.82) is 0 Å². The number of nitrogens with zero attached hydrogens (tertiary/aromatic N) is 4. The molecule has 2 aromatic carbocycles. The summed E-state index contributed by atoms with van der Waals surface area (Å²) in [5.41, 5.74) is 4.45. The molecule has 4 aromatic rings. The van der Waals surface area contributed by atoms with Gasteiger partial charge in [-0.1, -0.05) is 232 Å². The van der Waals surface area contributed by atoms with E-state index >= 15 is 0 Å². The molecule has 408 valence electrons. The van der Waals surface area contributed by atoms with Crippen molar-refractivity contribution in [2.75, 3.05) is 13.2 Å². The summed E-state index contributed by atoms with van der Waals surface area (Å²) >= 11 is 0. The van der Waals surface area contributed by atoms with E-state index in [0.29, 0.717) is 13.2 Å². The minimum atomic E-state index is -0.947. The molecule has 0 saturated carbocycles. The van der Waals surface area contributed by atoms with Crippen molar-refractivity contribution in [1.82, 2.24) is 19.9 Å². The van der Waals surface area contributed by atoms with Crippen LogP contribution in [-0.2, 0) is 12.8 Å². The van der Waals surface area contributed by atoms with Gasteiger partial charge in [0.05, 0.1) is 38.0 Å². The molecule has 0 aliphatic heterocycles. The third-order valence-electron chi connectivity index (χ3n) is 15.7. The molecule has 0 saturated heterocycles.